The van der Waals surface area contributed by atoms with Gasteiger partial charge >= 0.3 is 0 Å². The molecule has 98 valence electrons. The van der Waals surface area contributed by atoms with Gasteiger partial charge in [0.1, 0.15) is 5.82 Å². The Morgan fingerprint density at radius 2 is 2.06 bits per heavy atom. The molecule has 0 amide bonds. The van der Waals surface area contributed by atoms with Crippen molar-refractivity contribution in [2.75, 3.05) is 24.5 Å². The van der Waals surface area contributed by atoms with Crippen LogP contribution in [0.3, 0.4) is 0 Å². The lowest BCUT2D eigenvalue weighted by Crippen LogP contribution is -2.59. The molecule has 2 nitrogen and oxygen atoms in total. The highest BCUT2D eigenvalue weighted by atomic mass is 19.1. The number of hydrogen-bond donors (Lipinski definition) is 1. The lowest BCUT2D eigenvalue weighted by Gasteiger charge is -2.43. The number of nitrogens with zero attached hydrogens (tertiary/aromatic N) is 1. The fourth-order valence-electron chi connectivity index (χ4n) is 3.52. The standard InChI is InChI=1S/C15H21FN2/c1-12-10-13(16)4-5-14(12)18-9-8-17-15(11-18)6-2-3-7-15/h4-5,10,17H,2-3,6-9,11H2,1H3. The molecule has 1 N–H and O–H groups in total. The second-order valence-corrected chi connectivity index (χ2v) is 5.77. The quantitative estimate of drug-likeness (QED) is 0.822. The molecule has 1 aliphatic carbocycles. The zero-order chi connectivity index (χ0) is 12.6. The number of rotatable bonds is 1. The van der Waals surface area contributed by atoms with Crippen LogP contribution in [0, 0.1) is 12.7 Å². The Balaban J connectivity index is 1.83. The Bertz CT molecular complexity index is 438. The molecule has 3 heteroatoms. The van der Waals surface area contributed by atoms with E-state index >= 15 is 0 Å². The summed E-state index contributed by atoms with van der Waals surface area (Å²) in [6.45, 7) is 5.13. The summed E-state index contributed by atoms with van der Waals surface area (Å²) < 4.78 is 13.2. The normalized spacial score (nSPS) is 22.7. The molecule has 1 saturated carbocycles. The van der Waals surface area contributed by atoms with E-state index in [-0.39, 0.29) is 5.82 Å². The van der Waals surface area contributed by atoms with Gasteiger partial charge in [-0.1, -0.05) is 12.8 Å². The lowest BCUT2D eigenvalue weighted by molar-refractivity contribution is 0.304. The maximum atomic E-state index is 13.2. The summed E-state index contributed by atoms with van der Waals surface area (Å²) in [6.07, 6.45) is 5.24. The highest BCUT2D eigenvalue weighted by Gasteiger charge is 2.37. The maximum absolute atomic E-state index is 13.2. The zero-order valence-corrected chi connectivity index (χ0v) is 11.0. The average molecular weight is 248 g/mol. The van der Waals surface area contributed by atoms with Gasteiger partial charge in [-0.3, -0.25) is 0 Å². The Morgan fingerprint density at radius 3 is 2.78 bits per heavy atom. The number of aryl methyl sites for hydroxylation is 1. The molecule has 1 saturated heterocycles. The van der Waals surface area contributed by atoms with Crippen LogP contribution in [0.2, 0.25) is 0 Å². The fraction of sp³-hybridized carbons (Fsp3) is 0.600. The van der Waals surface area contributed by atoms with Gasteiger partial charge in [-0.05, 0) is 43.5 Å². The second-order valence-electron chi connectivity index (χ2n) is 5.77. The van der Waals surface area contributed by atoms with Crippen molar-refractivity contribution in [3.8, 4) is 0 Å². The molecule has 0 aromatic heterocycles. The van der Waals surface area contributed by atoms with Crippen LogP contribution in [0.1, 0.15) is 31.2 Å². The molecule has 1 aromatic rings. The largest absolute Gasteiger partial charge is 0.368 e. The molecule has 0 atom stereocenters. The van der Waals surface area contributed by atoms with E-state index in [9.17, 15) is 4.39 Å². The van der Waals surface area contributed by atoms with Gasteiger partial charge < -0.3 is 10.2 Å². The summed E-state index contributed by atoms with van der Waals surface area (Å²) in [5.74, 6) is -0.137. The molecular weight excluding hydrogens is 227 g/mol. The van der Waals surface area contributed by atoms with Crippen LogP contribution in [0.25, 0.3) is 0 Å². The SMILES string of the molecule is Cc1cc(F)ccc1N1CCNC2(CCCC2)C1. The van der Waals surface area contributed by atoms with Gasteiger partial charge in [0.2, 0.25) is 0 Å². The second kappa shape index (κ2) is 4.54. The van der Waals surface area contributed by atoms with Crippen molar-refractivity contribution >= 4 is 5.69 Å². The first-order valence-electron chi connectivity index (χ1n) is 6.95. The van der Waals surface area contributed by atoms with Crippen molar-refractivity contribution in [2.45, 2.75) is 38.1 Å². The first-order valence-corrected chi connectivity index (χ1v) is 6.95. The summed E-state index contributed by atoms with van der Waals surface area (Å²) in [4.78, 5) is 2.43. The molecule has 1 heterocycles. The summed E-state index contributed by atoms with van der Waals surface area (Å²) >= 11 is 0. The van der Waals surface area contributed by atoms with Crippen LogP contribution >= 0.6 is 0 Å². The maximum Gasteiger partial charge on any atom is 0.123 e. The Morgan fingerprint density at radius 1 is 1.28 bits per heavy atom. The molecule has 2 fully saturated rings. The minimum absolute atomic E-state index is 0.137. The summed E-state index contributed by atoms with van der Waals surface area (Å²) in [7, 11) is 0. The van der Waals surface area contributed by atoms with Gasteiger partial charge in [-0.15, -0.1) is 0 Å². The molecule has 1 aromatic carbocycles. The van der Waals surface area contributed by atoms with Crippen LogP contribution in [0.15, 0.2) is 18.2 Å². The number of anilines is 1. The number of halogens is 1. The minimum atomic E-state index is -0.137. The lowest BCUT2D eigenvalue weighted by atomic mass is 9.94. The van der Waals surface area contributed by atoms with Gasteiger partial charge in [0, 0.05) is 30.9 Å². The highest BCUT2D eigenvalue weighted by Crippen LogP contribution is 2.34. The van der Waals surface area contributed by atoms with Crippen molar-refractivity contribution in [3.63, 3.8) is 0 Å². The highest BCUT2D eigenvalue weighted by molar-refractivity contribution is 5.54. The summed E-state index contributed by atoms with van der Waals surface area (Å²) in [5, 5.41) is 3.71. The van der Waals surface area contributed by atoms with E-state index in [2.05, 4.69) is 10.2 Å². The third-order valence-corrected chi connectivity index (χ3v) is 4.44. The van der Waals surface area contributed by atoms with Gasteiger partial charge in [0.15, 0.2) is 0 Å². The molecule has 0 radical (unpaired) electrons. The van der Waals surface area contributed by atoms with E-state index in [0.29, 0.717) is 5.54 Å². The predicted molar refractivity (Wildman–Crippen MR) is 72.6 cm³/mol. The number of piperazine rings is 1. The smallest absolute Gasteiger partial charge is 0.123 e. The van der Waals surface area contributed by atoms with Gasteiger partial charge in [-0.2, -0.15) is 0 Å². The van der Waals surface area contributed by atoms with E-state index in [0.717, 1.165) is 25.2 Å². The molecule has 18 heavy (non-hydrogen) atoms. The average Bonchev–Trinajstić information content (AvgIpc) is 2.77. The molecule has 1 spiro atoms. The molecule has 0 bridgehead atoms. The van der Waals surface area contributed by atoms with E-state index in [1.54, 1.807) is 12.1 Å². The van der Waals surface area contributed by atoms with Crippen LogP contribution < -0.4 is 10.2 Å². The molecule has 2 aliphatic rings. The van der Waals surface area contributed by atoms with Crippen molar-refractivity contribution in [3.05, 3.63) is 29.6 Å². The third-order valence-electron chi connectivity index (χ3n) is 4.44. The van der Waals surface area contributed by atoms with Crippen LogP contribution in [-0.4, -0.2) is 25.2 Å². The Labute approximate surface area is 108 Å². The Hall–Kier alpha value is -1.09. The van der Waals surface area contributed by atoms with E-state index in [4.69, 9.17) is 0 Å². The molecule has 3 rings (SSSR count). The third kappa shape index (κ3) is 2.12. The van der Waals surface area contributed by atoms with Crippen LogP contribution in [-0.2, 0) is 0 Å². The zero-order valence-electron chi connectivity index (χ0n) is 11.0. The summed E-state index contributed by atoms with van der Waals surface area (Å²) in [6, 6.07) is 5.14. The van der Waals surface area contributed by atoms with Crippen LogP contribution in [0.5, 0.6) is 0 Å². The predicted octanol–water partition coefficient (Wildman–Crippen LogP) is 2.86. The first-order chi connectivity index (χ1) is 8.69. The van der Waals surface area contributed by atoms with Crippen molar-refractivity contribution in [2.24, 2.45) is 0 Å². The van der Waals surface area contributed by atoms with E-state index in [1.807, 2.05) is 13.0 Å². The Kier molecular flexibility index (Phi) is 3.02. The topological polar surface area (TPSA) is 15.3 Å². The minimum Gasteiger partial charge on any atom is -0.368 e. The first kappa shape index (κ1) is 12.0. The van der Waals surface area contributed by atoms with Crippen molar-refractivity contribution in [1.29, 1.82) is 0 Å². The van der Waals surface area contributed by atoms with E-state index in [1.165, 1.54) is 31.4 Å². The molecular formula is C15H21FN2. The van der Waals surface area contributed by atoms with Gasteiger partial charge in [0.25, 0.3) is 0 Å². The monoisotopic (exact) mass is 248 g/mol. The molecule has 0 unspecified atom stereocenters. The van der Waals surface area contributed by atoms with E-state index < -0.39 is 0 Å². The summed E-state index contributed by atoms with van der Waals surface area (Å²) in [5.41, 5.74) is 2.56. The number of hydrogen-bond acceptors (Lipinski definition) is 2. The van der Waals surface area contributed by atoms with Crippen LogP contribution in [0.4, 0.5) is 10.1 Å². The van der Waals surface area contributed by atoms with Gasteiger partial charge in [-0.25, -0.2) is 4.39 Å². The number of benzene rings is 1. The fourth-order valence-corrected chi connectivity index (χ4v) is 3.52. The molecule has 1 aliphatic heterocycles. The number of nitrogens with one attached hydrogen (secondary N) is 1. The van der Waals surface area contributed by atoms with Crippen molar-refractivity contribution < 1.29 is 4.39 Å². The van der Waals surface area contributed by atoms with Crippen molar-refractivity contribution in [1.82, 2.24) is 5.32 Å². The van der Waals surface area contributed by atoms with Gasteiger partial charge in [0.05, 0.1) is 0 Å².